The highest BCUT2D eigenvalue weighted by Gasteiger charge is 2.42. The molecule has 1 fully saturated rings. The smallest absolute Gasteiger partial charge is 0.0900 e. The normalized spacial score (nSPS) is 29.3. The Morgan fingerprint density at radius 1 is 1.13 bits per heavy atom. The topological polar surface area (TPSA) is 41.5 Å². The lowest BCUT2D eigenvalue weighted by Gasteiger charge is -2.45. The van der Waals surface area contributed by atoms with Gasteiger partial charge in [0.1, 0.15) is 0 Å². The summed E-state index contributed by atoms with van der Waals surface area (Å²) < 4.78 is 6.28. The first-order valence-electron chi connectivity index (χ1n) is 8.44. The van der Waals surface area contributed by atoms with E-state index in [4.69, 9.17) is 4.74 Å². The van der Waals surface area contributed by atoms with E-state index in [0.717, 1.165) is 18.5 Å². The van der Waals surface area contributed by atoms with Crippen LogP contribution in [-0.4, -0.2) is 17.8 Å². The fourth-order valence-corrected chi connectivity index (χ4v) is 4.00. The van der Waals surface area contributed by atoms with Gasteiger partial charge in [0.2, 0.25) is 0 Å². The maximum atomic E-state index is 9.53. The van der Waals surface area contributed by atoms with Crippen LogP contribution in [0.2, 0.25) is 0 Å². The summed E-state index contributed by atoms with van der Waals surface area (Å²) in [6, 6.07) is 17.4. The number of hydrogen-bond donors (Lipinski definition) is 2. The van der Waals surface area contributed by atoms with Gasteiger partial charge in [0.15, 0.2) is 0 Å². The molecule has 2 aromatic carbocycles. The number of aliphatic hydroxyl groups is 1. The zero-order chi connectivity index (χ0) is 15.8. The number of rotatable bonds is 2. The highest BCUT2D eigenvalue weighted by molar-refractivity contribution is 5.58. The van der Waals surface area contributed by atoms with Crippen LogP contribution in [0.3, 0.4) is 0 Å². The zero-order valence-electron chi connectivity index (χ0n) is 13.4. The fraction of sp³-hybridized carbons (Fsp3) is 0.400. The summed E-state index contributed by atoms with van der Waals surface area (Å²) in [6.07, 6.45) is 2.00. The van der Waals surface area contributed by atoms with E-state index in [2.05, 4.69) is 60.8 Å². The van der Waals surface area contributed by atoms with Crippen LogP contribution >= 0.6 is 0 Å². The average molecular weight is 309 g/mol. The van der Waals surface area contributed by atoms with Crippen molar-refractivity contribution in [2.75, 3.05) is 11.9 Å². The number of aliphatic hydroxyl groups excluding tert-OH is 1. The number of anilines is 1. The van der Waals surface area contributed by atoms with E-state index < -0.39 is 0 Å². The summed E-state index contributed by atoms with van der Waals surface area (Å²) >= 11 is 0. The molecule has 2 aliphatic rings. The Balaban J connectivity index is 1.76. The van der Waals surface area contributed by atoms with Gasteiger partial charge in [-0.2, -0.15) is 0 Å². The molecule has 3 nitrogen and oxygen atoms in total. The number of aryl methyl sites for hydroxylation is 1. The molecule has 120 valence electrons. The summed E-state index contributed by atoms with van der Waals surface area (Å²) in [5.74, 6) is 0.398. The van der Waals surface area contributed by atoms with E-state index in [1.807, 2.05) is 0 Å². The van der Waals surface area contributed by atoms with Crippen LogP contribution in [0.1, 0.15) is 41.7 Å². The summed E-state index contributed by atoms with van der Waals surface area (Å²) in [6.45, 7) is 2.22. The van der Waals surface area contributed by atoms with E-state index in [9.17, 15) is 5.11 Å². The zero-order valence-corrected chi connectivity index (χ0v) is 13.4. The van der Waals surface area contributed by atoms with Gasteiger partial charge in [-0.15, -0.1) is 0 Å². The average Bonchev–Trinajstić information content (AvgIpc) is 2.61. The Bertz CT molecular complexity index is 685. The molecule has 0 spiro atoms. The molecule has 0 aromatic heterocycles. The predicted molar refractivity (Wildman–Crippen MR) is 91.4 cm³/mol. The second-order valence-electron chi connectivity index (χ2n) is 6.73. The highest BCUT2D eigenvalue weighted by Crippen LogP contribution is 2.50. The van der Waals surface area contributed by atoms with E-state index in [1.54, 1.807) is 0 Å². The minimum absolute atomic E-state index is 0.0425. The van der Waals surface area contributed by atoms with E-state index >= 15 is 0 Å². The first-order chi connectivity index (χ1) is 11.3. The fourth-order valence-electron chi connectivity index (χ4n) is 4.00. The van der Waals surface area contributed by atoms with Crippen molar-refractivity contribution in [2.24, 2.45) is 5.92 Å². The first kappa shape index (κ1) is 14.7. The van der Waals surface area contributed by atoms with Gasteiger partial charge in [0, 0.05) is 17.2 Å². The monoisotopic (exact) mass is 309 g/mol. The highest BCUT2D eigenvalue weighted by atomic mass is 16.5. The number of fused-ring (bicyclic) bond motifs is 3. The maximum Gasteiger partial charge on any atom is 0.0900 e. The van der Waals surface area contributed by atoms with Crippen molar-refractivity contribution < 1.29 is 9.84 Å². The van der Waals surface area contributed by atoms with Crippen molar-refractivity contribution in [1.82, 2.24) is 0 Å². The molecule has 4 rings (SSSR count). The molecule has 0 amide bonds. The van der Waals surface area contributed by atoms with Crippen molar-refractivity contribution in [3.63, 3.8) is 0 Å². The van der Waals surface area contributed by atoms with Crippen molar-refractivity contribution in [1.29, 1.82) is 0 Å². The van der Waals surface area contributed by atoms with Crippen LogP contribution in [0.25, 0.3) is 0 Å². The van der Waals surface area contributed by atoms with Gasteiger partial charge in [-0.1, -0.05) is 48.0 Å². The second kappa shape index (κ2) is 5.99. The van der Waals surface area contributed by atoms with Gasteiger partial charge in [-0.3, -0.25) is 0 Å². The third kappa shape index (κ3) is 2.64. The first-order valence-corrected chi connectivity index (χ1v) is 8.44. The molecule has 4 atom stereocenters. The lowest BCUT2D eigenvalue weighted by molar-refractivity contribution is -0.110. The molecule has 0 bridgehead atoms. The van der Waals surface area contributed by atoms with Gasteiger partial charge < -0.3 is 15.2 Å². The van der Waals surface area contributed by atoms with Gasteiger partial charge in [-0.05, 0) is 31.4 Å². The van der Waals surface area contributed by atoms with Crippen molar-refractivity contribution in [3.05, 3.63) is 65.2 Å². The molecule has 1 saturated heterocycles. The maximum absolute atomic E-state index is 9.53. The van der Waals surface area contributed by atoms with Crippen molar-refractivity contribution in [2.45, 2.75) is 38.0 Å². The molecule has 2 heterocycles. The standard InChI is InChI=1S/C20H23NO2/c1-13-7-10-18-17(11-13)20-16(9-8-15(12-22)23-20)19(21-18)14-5-3-2-4-6-14/h2-7,10-11,15-16,19-22H,8-9,12H2,1H3/t15?,16?,19-,20?/m0/s1. The quantitative estimate of drug-likeness (QED) is 0.881. The van der Waals surface area contributed by atoms with E-state index in [1.165, 1.54) is 16.7 Å². The third-order valence-corrected chi connectivity index (χ3v) is 5.16. The number of hydrogen-bond acceptors (Lipinski definition) is 3. The SMILES string of the molecule is Cc1ccc2c(c1)C1OC(CO)CCC1[C@H](c1ccccc1)N2. The molecule has 2 aromatic rings. The van der Waals surface area contributed by atoms with Crippen LogP contribution in [0.4, 0.5) is 5.69 Å². The molecular weight excluding hydrogens is 286 g/mol. The predicted octanol–water partition coefficient (Wildman–Crippen LogP) is 3.99. The summed E-state index contributed by atoms with van der Waals surface area (Å²) in [4.78, 5) is 0. The van der Waals surface area contributed by atoms with Gasteiger partial charge >= 0.3 is 0 Å². The molecule has 3 heteroatoms. The summed E-state index contributed by atoms with van der Waals surface area (Å²) in [5.41, 5.74) is 4.95. The summed E-state index contributed by atoms with van der Waals surface area (Å²) in [7, 11) is 0. The molecule has 0 radical (unpaired) electrons. The number of ether oxygens (including phenoxy) is 1. The van der Waals surface area contributed by atoms with E-state index in [0.29, 0.717) is 5.92 Å². The molecule has 0 aliphatic carbocycles. The van der Waals surface area contributed by atoms with E-state index in [-0.39, 0.29) is 24.9 Å². The van der Waals surface area contributed by atoms with Gasteiger partial charge in [0.05, 0.1) is 24.9 Å². The molecule has 2 N–H and O–H groups in total. The minimum atomic E-state index is -0.0425. The Morgan fingerprint density at radius 2 is 1.96 bits per heavy atom. The van der Waals surface area contributed by atoms with Gasteiger partial charge in [0.25, 0.3) is 0 Å². The summed E-state index contributed by atoms with van der Waals surface area (Å²) in [5, 5.41) is 13.3. The molecular formula is C20H23NO2. The molecule has 3 unspecified atom stereocenters. The van der Waals surface area contributed by atoms with Gasteiger partial charge in [-0.25, -0.2) is 0 Å². The Hall–Kier alpha value is -1.84. The second-order valence-corrected chi connectivity index (χ2v) is 6.73. The lowest BCUT2D eigenvalue weighted by atomic mass is 9.76. The molecule has 2 aliphatic heterocycles. The van der Waals surface area contributed by atoms with Crippen LogP contribution in [-0.2, 0) is 4.74 Å². The van der Waals surface area contributed by atoms with Crippen molar-refractivity contribution >= 4 is 5.69 Å². The Morgan fingerprint density at radius 3 is 2.74 bits per heavy atom. The van der Waals surface area contributed by atoms with Crippen molar-refractivity contribution in [3.8, 4) is 0 Å². The Kier molecular flexibility index (Phi) is 3.83. The van der Waals surface area contributed by atoms with Crippen LogP contribution in [0.15, 0.2) is 48.5 Å². The third-order valence-electron chi connectivity index (χ3n) is 5.16. The molecule has 0 saturated carbocycles. The van der Waals surface area contributed by atoms with Crippen LogP contribution in [0, 0.1) is 12.8 Å². The molecule has 23 heavy (non-hydrogen) atoms. The minimum Gasteiger partial charge on any atom is -0.394 e. The largest absolute Gasteiger partial charge is 0.394 e. The number of benzene rings is 2. The lowest BCUT2D eigenvalue weighted by Crippen LogP contribution is -2.40. The Labute approximate surface area is 137 Å². The van der Waals surface area contributed by atoms with Crippen LogP contribution < -0.4 is 5.32 Å². The number of nitrogens with one attached hydrogen (secondary N) is 1. The van der Waals surface area contributed by atoms with Crippen LogP contribution in [0.5, 0.6) is 0 Å².